The first kappa shape index (κ1) is 23.0. The molecule has 0 bridgehead atoms. The van der Waals surface area contributed by atoms with E-state index in [9.17, 15) is 9.59 Å². The number of ether oxygens (including phenoxy) is 2. The molecule has 1 atom stereocenters. The van der Waals surface area contributed by atoms with Gasteiger partial charge >= 0.3 is 0 Å². The molecule has 1 aliphatic rings. The highest BCUT2D eigenvalue weighted by atomic mass is 35.5. The summed E-state index contributed by atoms with van der Waals surface area (Å²) >= 11 is 5.99. The topological polar surface area (TPSA) is 81.9 Å². The van der Waals surface area contributed by atoms with Gasteiger partial charge in [-0.1, -0.05) is 29.8 Å². The number of morpholine rings is 1. The number of amides is 1. The maximum Gasteiger partial charge on any atom is 0.228 e. The first-order valence-corrected chi connectivity index (χ1v) is 11.1. The Labute approximate surface area is 197 Å². The highest BCUT2D eigenvalue weighted by Crippen LogP contribution is 2.25. The van der Waals surface area contributed by atoms with E-state index in [0.29, 0.717) is 53.4 Å². The van der Waals surface area contributed by atoms with E-state index in [1.165, 1.54) is 6.92 Å². The van der Waals surface area contributed by atoms with Crippen LogP contribution in [0.5, 0.6) is 5.75 Å². The summed E-state index contributed by atoms with van der Waals surface area (Å²) in [5, 5.41) is 0.469. The molecular weight excluding hydrogens is 444 g/mol. The Morgan fingerprint density at radius 3 is 2.76 bits per heavy atom. The molecule has 1 amide bonds. The van der Waals surface area contributed by atoms with Gasteiger partial charge in [-0.25, -0.2) is 4.98 Å². The third-order valence-electron chi connectivity index (χ3n) is 5.47. The maximum absolute atomic E-state index is 13.0. The van der Waals surface area contributed by atoms with Gasteiger partial charge in [0.2, 0.25) is 11.8 Å². The van der Waals surface area contributed by atoms with Crippen LogP contribution in [-0.2, 0) is 16.0 Å². The van der Waals surface area contributed by atoms with Gasteiger partial charge in [0.05, 0.1) is 30.8 Å². The summed E-state index contributed by atoms with van der Waals surface area (Å²) in [7, 11) is 0. The number of aryl methyl sites for hydroxylation is 1. The lowest BCUT2D eigenvalue weighted by Gasteiger charge is -2.33. The van der Waals surface area contributed by atoms with Gasteiger partial charge in [0.1, 0.15) is 24.2 Å². The summed E-state index contributed by atoms with van der Waals surface area (Å²) in [6.45, 7) is 4.80. The molecule has 4 rings (SSSR count). The van der Waals surface area contributed by atoms with Gasteiger partial charge in [-0.05, 0) is 44.2 Å². The zero-order valence-electron chi connectivity index (χ0n) is 18.5. The molecule has 1 fully saturated rings. The van der Waals surface area contributed by atoms with Crippen LogP contribution in [-0.4, -0.2) is 54.0 Å². The van der Waals surface area contributed by atoms with Gasteiger partial charge < -0.3 is 18.8 Å². The van der Waals surface area contributed by atoms with Crippen molar-refractivity contribution in [3.05, 3.63) is 70.6 Å². The zero-order valence-corrected chi connectivity index (χ0v) is 19.3. The number of nitrogens with zero attached hydrogens (tertiary/aromatic N) is 2. The lowest BCUT2D eigenvalue weighted by molar-refractivity contribution is -0.139. The fourth-order valence-corrected chi connectivity index (χ4v) is 3.86. The van der Waals surface area contributed by atoms with E-state index < -0.39 is 0 Å². The van der Waals surface area contributed by atoms with Gasteiger partial charge in [0, 0.05) is 17.1 Å². The van der Waals surface area contributed by atoms with Crippen molar-refractivity contribution in [3.8, 4) is 17.2 Å². The SMILES string of the molecule is CC(=O)c1cc(Cl)ccc1OCC1CN(C(=O)Cc2nc(-c3ccccc3)oc2C)CCO1. The molecule has 172 valence electrons. The molecular formula is C25H25ClN2O5. The van der Waals surface area contributed by atoms with E-state index in [1.807, 2.05) is 37.3 Å². The third kappa shape index (κ3) is 5.61. The highest BCUT2D eigenvalue weighted by Gasteiger charge is 2.26. The number of rotatable bonds is 7. The van der Waals surface area contributed by atoms with E-state index in [1.54, 1.807) is 23.1 Å². The molecule has 2 heterocycles. The Balaban J connectivity index is 1.37. The van der Waals surface area contributed by atoms with Crippen molar-refractivity contribution in [1.82, 2.24) is 9.88 Å². The molecule has 8 heteroatoms. The number of hydrogen-bond acceptors (Lipinski definition) is 6. The molecule has 1 aromatic heterocycles. The standard InChI is InChI=1S/C25H25ClN2O5/c1-16(29)21-12-19(26)8-9-23(21)32-15-20-14-28(10-11-31-20)24(30)13-22-17(2)33-25(27-22)18-6-4-3-5-7-18/h3-9,12,20H,10-11,13-15H2,1-2H3. The summed E-state index contributed by atoms with van der Waals surface area (Å²) in [4.78, 5) is 31.1. The van der Waals surface area contributed by atoms with E-state index in [0.717, 1.165) is 5.56 Å². The lowest BCUT2D eigenvalue weighted by atomic mass is 10.1. The van der Waals surface area contributed by atoms with E-state index >= 15 is 0 Å². The molecule has 0 spiro atoms. The van der Waals surface area contributed by atoms with Crippen molar-refractivity contribution in [2.24, 2.45) is 0 Å². The number of ketones is 1. The quantitative estimate of drug-likeness (QED) is 0.479. The van der Waals surface area contributed by atoms with Crippen molar-refractivity contribution in [3.63, 3.8) is 0 Å². The molecule has 7 nitrogen and oxygen atoms in total. The average Bonchev–Trinajstić information content (AvgIpc) is 3.19. The average molecular weight is 469 g/mol. The number of Topliss-reactive ketones (excluding diaryl/α,β-unsaturated/α-hetero) is 1. The highest BCUT2D eigenvalue weighted by molar-refractivity contribution is 6.31. The first-order chi connectivity index (χ1) is 15.9. The molecule has 0 saturated carbocycles. The number of benzene rings is 2. The number of hydrogen-bond donors (Lipinski definition) is 0. The monoisotopic (exact) mass is 468 g/mol. The third-order valence-corrected chi connectivity index (χ3v) is 5.70. The van der Waals surface area contributed by atoms with Gasteiger partial charge in [0.15, 0.2) is 5.78 Å². The fourth-order valence-electron chi connectivity index (χ4n) is 3.68. The minimum absolute atomic E-state index is 0.0461. The summed E-state index contributed by atoms with van der Waals surface area (Å²) in [5.74, 6) is 1.41. The van der Waals surface area contributed by atoms with Crippen molar-refractivity contribution >= 4 is 23.3 Å². The van der Waals surface area contributed by atoms with Crippen molar-refractivity contribution in [1.29, 1.82) is 0 Å². The summed E-state index contributed by atoms with van der Waals surface area (Å²) in [6, 6.07) is 14.5. The minimum atomic E-state index is -0.309. The van der Waals surface area contributed by atoms with Crippen LogP contribution in [0.25, 0.3) is 11.5 Å². The Morgan fingerprint density at radius 1 is 1.21 bits per heavy atom. The van der Waals surface area contributed by atoms with Crippen molar-refractivity contribution in [2.75, 3.05) is 26.3 Å². The molecule has 0 N–H and O–H groups in total. The predicted octanol–water partition coefficient (Wildman–Crippen LogP) is 4.35. The van der Waals surface area contributed by atoms with Gasteiger partial charge in [-0.3, -0.25) is 9.59 Å². The van der Waals surface area contributed by atoms with Crippen LogP contribution in [0.15, 0.2) is 52.9 Å². The van der Waals surface area contributed by atoms with Crippen molar-refractivity contribution in [2.45, 2.75) is 26.4 Å². The Hall–Kier alpha value is -3.16. The second-order valence-electron chi connectivity index (χ2n) is 7.90. The number of oxazole rings is 1. The molecule has 1 aliphatic heterocycles. The summed E-state index contributed by atoms with van der Waals surface area (Å²) in [6.07, 6.45) is -0.155. The Bertz CT molecular complexity index is 1140. The summed E-state index contributed by atoms with van der Waals surface area (Å²) < 4.78 is 17.4. The molecule has 2 aromatic carbocycles. The smallest absolute Gasteiger partial charge is 0.228 e. The lowest BCUT2D eigenvalue weighted by Crippen LogP contribution is -2.48. The Kier molecular flexibility index (Phi) is 7.11. The molecule has 0 radical (unpaired) electrons. The van der Waals surface area contributed by atoms with Crippen LogP contribution >= 0.6 is 11.6 Å². The summed E-state index contributed by atoms with van der Waals surface area (Å²) in [5.41, 5.74) is 1.92. The van der Waals surface area contributed by atoms with E-state index in [4.69, 9.17) is 25.5 Å². The molecule has 1 unspecified atom stereocenters. The van der Waals surface area contributed by atoms with Crippen LogP contribution in [0.4, 0.5) is 0 Å². The van der Waals surface area contributed by atoms with Crippen LogP contribution in [0.1, 0.15) is 28.7 Å². The van der Waals surface area contributed by atoms with Crippen LogP contribution in [0, 0.1) is 6.92 Å². The predicted molar refractivity (Wildman–Crippen MR) is 124 cm³/mol. The minimum Gasteiger partial charge on any atom is -0.490 e. The number of carbonyl (C=O) groups is 2. The number of halogens is 1. The van der Waals surface area contributed by atoms with E-state index in [2.05, 4.69) is 4.98 Å². The van der Waals surface area contributed by atoms with Crippen LogP contribution < -0.4 is 4.74 Å². The zero-order chi connectivity index (χ0) is 23.4. The molecule has 1 saturated heterocycles. The number of aromatic nitrogens is 1. The maximum atomic E-state index is 13.0. The van der Waals surface area contributed by atoms with Crippen LogP contribution in [0.2, 0.25) is 5.02 Å². The number of carbonyl (C=O) groups excluding carboxylic acids is 2. The Morgan fingerprint density at radius 2 is 2.00 bits per heavy atom. The second-order valence-corrected chi connectivity index (χ2v) is 8.34. The van der Waals surface area contributed by atoms with Gasteiger partial charge in [-0.2, -0.15) is 0 Å². The van der Waals surface area contributed by atoms with Crippen molar-refractivity contribution < 1.29 is 23.5 Å². The largest absolute Gasteiger partial charge is 0.490 e. The fraction of sp³-hybridized carbons (Fsp3) is 0.320. The normalized spacial score (nSPS) is 16.0. The van der Waals surface area contributed by atoms with E-state index in [-0.39, 0.29) is 30.8 Å². The first-order valence-electron chi connectivity index (χ1n) is 10.7. The van der Waals surface area contributed by atoms with Gasteiger partial charge in [0.25, 0.3) is 0 Å². The molecule has 3 aromatic rings. The van der Waals surface area contributed by atoms with Crippen LogP contribution in [0.3, 0.4) is 0 Å². The molecule has 0 aliphatic carbocycles. The second kappa shape index (κ2) is 10.2. The molecule has 33 heavy (non-hydrogen) atoms. The van der Waals surface area contributed by atoms with Gasteiger partial charge in [-0.15, -0.1) is 0 Å².